The lowest BCUT2D eigenvalue weighted by Gasteiger charge is -2.30. The highest BCUT2D eigenvalue weighted by Gasteiger charge is 2.23. The molecule has 110 valence electrons. The van der Waals surface area contributed by atoms with E-state index in [1.54, 1.807) is 0 Å². The molecule has 4 N–H and O–H groups in total. The molecule has 1 aromatic carbocycles. The second kappa shape index (κ2) is 7.90. The van der Waals surface area contributed by atoms with Crippen LogP contribution in [0.25, 0.3) is 0 Å². The monoisotopic (exact) mass is 275 g/mol. The number of carbonyl (C=O) groups is 1. The zero-order valence-electron chi connectivity index (χ0n) is 12.0. The van der Waals surface area contributed by atoms with Crippen LogP contribution in [-0.4, -0.2) is 18.6 Å². The first-order valence-electron chi connectivity index (χ1n) is 7.58. The van der Waals surface area contributed by atoms with Crippen LogP contribution in [0.1, 0.15) is 37.7 Å². The third-order valence-electron chi connectivity index (χ3n) is 4.09. The summed E-state index contributed by atoms with van der Waals surface area (Å²) >= 11 is 0. The van der Waals surface area contributed by atoms with Gasteiger partial charge in [-0.1, -0.05) is 49.6 Å². The number of urea groups is 1. The highest BCUT2D eigenvalue weighted by atomic mass is 16.2. The normalized spacial score (nSPS) is 17.4. The second-order valence-corrected chi connectivity index (χ2v) is 5.55. The molecule has 1 aliphatic carbocycles. The number of nitrogens with one attached hydrogen (secondary N) is 2. The summed E-state index contributed by atoms with van der Waals surface area (Å²) in [6.45, 7) is 1.07. The van der Waals surface area contributed by atoms with Crippen LogP contribution in [0.4, 0.5) is 4.79 Å². The molecule has 0 spiro atoms. The van der Waals surface area contributed by atoms with Gasteiger partial charge in [-0.3, -0.25) is 0 Å². The first-order valence-corrected chi connectivity index (χ1v) is 7.58. The van der Waals surface area contributed by atoms with E-state index in [-0.39, 0.29) is 12.1 Å². The van der Waals surface area contributed by atoms with Crippen molar-refractivity contribution >= 4 is 6.03 Å². The minimum atomic E-state index is -0.116. The van der Waals surface area contributed by atoms with E-state index >= 15 is 0 Å². The van der Waals surface area contributed by atoms with Crippen LogP contribution in [-0.2, 0) is 6.54 Å². The number of rotatable bonds is 5. The van der Waals surface area contributed by atoms with Gasteiger partial charge in [-0.15, -0.1) is 0 Å². The van der Waals surface area contributed by atoms with E-state index in [4.69, 9.17) is 5.73 Å². The lowest BCUT2D eigenvalue weighted by atomic mass is 9.84. The second-order valence-electron chi connectivity index (χ2n) is 5.55. The van der Waals surface area contributed by atoms with Crippen molar-refractivity contribution in [2.75, 3.05) is 6.54 Å². The fourth-order valence-corrected chi connectivity index (χ4v) is 2.90. The zero-order valence-corrected chi connectivity index (χ0v) is 12.0. The van der Waals surface area contributed by atoms with Gasteiger partial charge in [-0.05, 0) is 24.3 Å². The Labute approximate surface area is 121 Å². The Morgan fingerprint density at radius 1 is 1.20 bits per heavy atom. The van der Waals surface area contributed by atoms with Gasteiger partial charge in [0.15, 0.2) is 0 Å². The lowest BCUT2D eigenvalue weighted by molar-refractivity contribution is 0.222. The first-order chi connectivity index (χ1) is 9.79. The quantitative estimate of drug-likeness (QED) is 0.772. The average molecular weight is 275 g/mol. The van der Waals surface area contributed by atoms with Crippen LogP contribution in [0.2, 0.25) is 0 Å². The molecule has 2 amide bonds. The van der Waals surface area contributed by atoms with Crippen molar-refractivity contribution in [1.82, 2.24) is 10.6 Å². The molecular weight excluding hydrogens is 250 g/mol. The Kier molecular flexibility index (Phi) is 5.87. The van der Waals surface area contributed by atoms with E-state index in [9.17, 15) is 4.79 Å². The van der Waals surface area contributed by atoms with E-state index in [0.29, 0.717) is 19.0 Å². The minimum Gasteiger partial charge on any atom is -0.334 e. The van der Waals surface area contributed by atoms with E-state index in [0.717, 1.165) is 5.56 Å². The van der Waals surface area contributed by atoms with Crippen LogP contribution in [0.3, 0.4) is 0 Å². The topological polar surface area (TPSA) is 67.1 Å². The maximum Gasteiger partial charge on any atom is 0.315 e. The first kappa shape index (κ1) is 14.9. The molecule has 1 aliphatic rings. The number of amides is 2. The van der Waals surface area contributed by atoms with Gasteiger partial charge in [0.1, 0.15) is 0 Å². The predicted molar refractivity (Wildman–Crippen MR) is 81.2 cm³/mol. The molecule has 0 aromatic heterocycles. The largest absolute Gasteiger partial charge is 0.334 e. The number of hydrogen-bond donors (Lipinski definition) is 3. The predicted octanol–water partition coefficient (Wildman–Crippen LogP) is 2.39. The van der Waals surface area contributed by atoms with Crippen molar-refractivity contribution < 1.29 is 4.79 Å². The molecule has 4 nitrogen and oxygen atoms in total. The molecule has 2 rings (SSSR count). The van der Waals surface area contributed by atoms with Crippen LogP contribution in [0.5, 0.6) is 0 Å². The Bertz CT molecular complexity index is 401. The summed E-state index contributed by atoms with van der Waals surface area (Å²) in [6.07, 6.45) is 6.19. The molecular formula is C16H25N3O. The molecule has 1 fully saturated rings. The van der Waals surface area contributed by atoms with Crippen molar-refractivity contribution in [2.45, 2.75) is 44.7 Å². The number of carbonyl (C=O) groups excluding carboxylic acids is 1. The van der Waals surface area contributed by atoms with E-state index < -0.39 is 0 Å². The maximum absolute atomic E-state index is 12.0. The fraction of sp³-hybridized carbons (Fsp3) is 0.562. The minimum absolute atomic E-state index is 0.103. The van der Waals surface area contributed by atoms with Crippen molar-refractivity contribution in [3.05, 3.63) is 35.9 Å². The summed E-state index contributed by atoms with van der Waals surface area (Å²) in [7, 11) is 0. The SMILES string of the molecule is NCC(NC(=O)NCc1ccccc1)C1CCCCC1. The molecule has 0 saturated heterocycles. The summed E-state index contributed by atoms with van der Waals surface area (Å²) in [4.78, 5) is 12.0. The van der Waals surface area contributed by atoms with Crippen molar-refractivity contribution in [2.24, 2.45) is 11.7 Å². The van der Waals surface area contributed by atoms with E-state index in [1.165, 1.54) is 32.1 Å². The summed E-state index contributed by atoms with van der Waals surface area (Å²) in [5.74, 6) is 0.538. The van der Waals surface area contributed by atoms with E-state index in [2.05, 4.69) is 10.6 Å². The number of nitrogens with two attached hydrogens (primary N) is 1. The van der Waals surface area contributed by atoms with Crippen molar-refractivity contribution in [3.63, 3.8) is 0 Å². The highest BCUT2D eigenvalue weighted by molar-refractivity contribution is 5.74. The summed E-state index contributed by atoms with van der Waals surface area (Å²) in [5, 5.41) is 5.93. The van der Waals surface area contributed by atoms with Gasteiger partial charge in [0.25, 0.3) is 0 Å². The molecule has 20 heavy (non-hydrogen) atoms. The summed E-state index contributed by atoms with van der Waals surface area (Å²) < 4.78 is 0. The smallest absolute Gasteiger partial charge is 0.315 e. The van der Waals surface area contributed by atoms with Gasteiger partial charge >= 0.3 is 6.03 Å². The maximum atomic E-state index is 12.0. The van der Waals surface area contributed by atoms with Gasteiger partial charge in [0.2, 0.25) is 0 Å². The number of hydrogen-bond acceptors (Lipinski definition) is 2. The molecule has 1 atom stereocenters. The average Bonchev–Trinajstić information content (AvgIpc) is 2.52. The Hall–Kier alpha value is -1.55. The van der Waals surface area contributed by atoms with Crippen molar-refractivity contribution in [3.8, 4) is 0 Å². The molecule has 1 saturated carbocycles. The van der Waals surface area contributed by atoms with Crippen molar-refractivity contribution in [1.29, 1.82) is 0 Å². The zero-order chi connectivity index (χ0) is 14.2. The number of benzene rings is 1. The van der Waals surface area contributed by atoms with Gasteiger partial charge in [0, 0.05) is 19.1 Å². The Balaban J connectivity index is 1.77. The lowest BCUT2D eigenvalue weighted by Crippen LogP contribution is -2.49. The molecule has 0 heterocycles. The fourth-order valence-electron chi connectivity index (χ4n) is 2.90. The van der Waals surface area contributed by atoms with Gasteiger partial charge < -0.3 is 16.4 Å². The standard InChI is InChI=1S/C16H25N3O/c17-11-15(14-9-5-2-6-10-14)19-16(20)18-12-13-7-3-1-4-8-13/h1,3-4,7-8,14-15H,2,5-6,9-12,17H2,(H2,18,19,20). The molecule has 1 aromatic rings. The van der Waals surface area contributed by atoms with Crippen LogP contribution >= 0.6 is 0 Å². The van der Waals surface area contributed by atoms with Gasteiger partial charge in [-0.25, -0.2) is 4.79 Å². The van der Waals surface area contributed by atoms with Crippen LogP contribution in [0.15, 0.2) is 30.3 Å². The Morgan fingerprint density at radius 3 is 2.55 bits per heavy atom. The molecule has 0 bridgehead atoms. The van der Waals surface area contributed by atoms with E-state index in [1.807, 2.05) is 30.3 Å². The third-order valence-corrected chi connectivity index (χ3v) is 4.09. The molecule has 0 radical (unpaired) electrons. The summed E-state index contributed by atoms with van der Waals surface area (Å²) in [6, 6.07) is 9.90. The molecule has 1 unspecified atom stereocenters. The Morgan fingerprint density at radius 2 is 1.90 bits per heavy atom. The molecule has 4 heteroatoms. The van der Waals surface area contributed by atoms with Gasteiger partial charge in [-0.2, -0.15) is 0 Å². The summed E-state index contributed by atoms with van der Waals surface area (Å²) in [5.41, 5.74) is 6.92. The highest BCUT2D eigenvalue weighted by Crippen LogP contribution is 2.26. The van der Waals surface area contributed by atoms with Gasteiger partial charge in [0.05, 0.1) is 0 Å². The van der Waals surface area contributed by atoms with Crippen LogP contribution < -0.4 is 16.4 Å². The third kappa shape index (κ3) is 4.53. The molecule has 0 aliphatic heterocycles. The van der Waals surface area contributed by atoms with Crippen LogP contribution in [0, 0.1) is 5.92 Å².